The van der Waals surface area contributed by atoms with Gasteiger partial charge in [-0.15, -0.1) is 0 Å². The van der Waals surface area contributed by atoms with Gasteiger partial charge in [0.05, 0.1) is 6.20 Å². The summed E-state index contributed by atoms with van der Waals surface area (Å²) in [6.45, 7) is 3.16. The van der Waals surface area contributed by atoms with Crippen LogP contribution in [0.3, 0.4) is 0 Å². The van der Waals surface area contributed by atoms with Gasteiger partial charge in [-0.05, 0) is 11.2 Å². The van der Waals surface area contributed by atoms with Crippen molar-refractivity contribution in [2.75, 3.05) is 0 Å². The standard InChI is InChI=1S/C7H11N2/c1-2-6-9-7-4-3-5-8-9/h3-5,7H,2,6H2,1H3/q+1. The third kappa shape index (κ3) is 1.80. The Balaban J connectivity index is 2.61. The highest BCUT2D eigenvalue weighted by Gasteiger charge is 1.93. The van der Waals surface area contributed by atoms with Crippen LogP contribution in [0.1, 0.15) is 13.3 Å². The van der Waals surface area contributed by atoms with Crippen LogP contribution >= 0.6 is 0 Å². The first-order valence-corrected chi connectivity index (χ1v) is 3.24. The predicted octanol–water partition coefficient (Wildman–Crippen LogP) is 0.779. The molecule has 0 unspecified atom stereocenters. The zero-order valence-electron chi connectivity index (χ0n) is 5.62. The quantitative estimate of drug-likeness (QED) is 0.531. The van der Waals surface area contributed by atoms with Crippen LogP contribution in [-0.2, 0) is 6.54 Å². The zero-order chi connectivity index (χ0) is 6.53. The van der Waals surface area contributed by atoms with Crippen molar-refractivity contribution in [1.29, 1.82) is 0 Å². The van der Waals surface area contributed by atoms with E-state index in [1.54, 1.807) is 6.20 Å². The van der Waals surface area contributed by atoms with E-state index in [2.05, 4.69) is 12.0 Å². The molecule has 48 valence electrons. The molecule has 0 aromatic carbocycles. The van der Waals surface area contributed by atoms with Gasteiger partial charge in [0.25, 0.3) is 0 Å². The Morgan fingerprint density at radius 3 is 2.89 bits per heavy atom. The SMILES string of the molecule is CCC[n+]1ccccn1. The summed E-state index contributed by atoms with van der Waals surface area (Å²) in [5.41, 5.74) is 0. The van der Waals surface area contributed by atoms with Gasteiger partial charge in [-0.2, -0.15) is 0 Å². The Morgan fingerprint density at radius 2 is 2.33 bits per heavy atom. The minimum absolute atomic E-state index is 1.01. The second-order valence-corrected chi connectivity index (χ2v) is 1.96. The third-order valence-electron chi connectivity index (χ3n) is 1.12. The summed E-state index contributed by atoms with van der Waals surface area (Å²) in [6, 6.07) is 3.91. The van der Waals surface area contributed by atoms with E-state index >= 15 is 0 Å². The molecule has 0 spiro atoms. The lowest BCUT2D eigenvalue weighted by atomic mass is 10.5. The lowest BCUT2D eigenvalue weighted by Gasteiger charge is -1.85. The van der Waals surface area contributed by atoms with Crippen molar-refractivity contribution < 1.29 is 4.68 Å². The van der Waals surface area contributed by atoms with Crippen LogP contribution in [0.25, 0.3) is 0 Å². The van der Waals surface area contributed by atoms with E-state index in [0.29, 0.717) is 0 Å². The average molecular weight is 123 g/mol. The molecule has 0 aliphatic heterocycles. The monoisotopic (exact) mass is 123 g/mol. The van der Waals surface area contributed by atoms with E-state index in [4.69, 9.17) is 0 Å². The summed E-state index contributed by atoms with van der Waals surface area (Å²) >= 11 is 0. The predicted molar refractivity (Wildman–Crippen MR) is 34.7 cm³/mol. The number of nitrogens with zero attached hydrogens (tertiary/aromatic N) is 2. The van der Waals surface area contributed by atoms with Crippen LogP contribution in [0, 0.1) is 0 Å². The molecule has 0 amide bonds. The lowest BCUT2D eigenvalue weighted by Crippen LogP contribution is -2.36. The molecule has 0 N–H and O–H groups in total. The molecule has 0 saturated heterocycles. The molecule has 0 bridgehead atoms. The first kappa shape index (κ1) is 6.20. The minimum Gasteiger partial charge on any atom is -0.0913 e. The van der Waals surface area contributed by atoms with Gasteiger partial charge in [0.15, 0.2) is 12.7 Å². The second-order valence-electron chi connectivity index (χ2n) is 1.96. The first-order valence-electron chi connectivity index (χ1n) is 3.24. The van der Waals surface area contributed by atoms with Crippen LogP contribution < -0.4 is 4.68 Å². The maximum atomic E-state index is 4.09. The molecule has 0 radical (unpaired) electrons. The maximum Gasteiger partial charge on any atom is 0.196 e. The smallest absolute Gasteiger partial charge is 0.0913 e. The van der Waals surface area contributed by atoms with Crippen LogP contribution in [-0.4, -0.2) is 5.10 Å². The van der Waals surface area contributed by atoms with Gasteiger partial charge in [0, 0.05) is 12.5 Å². The van der Waals surface area contributed by atoms with E-state index in [1.807, 2.05) is 23.0 Å². The molecule has 9 heavy (non-hydrogen) atoms. The molecule has 1 rings (SSSR count). The fourth-order valence-corrected chi connectivity index (χ4v) is 0.723. The fourth-order valence-electron chi connectivity index (χ4n) is 0.723. The highest BCUT2D eigenvalue weighted by atomic mass is 15.2. The molecule has 0 aliphatic carbocycles. The van der Waals surface area contributed by atoms with Crippen LogP contribution in [0.15, 0.2) is 24.5 Å². The summed E-state index contributed by atoms with van der Waals surface area (Å²) in [5, 5.41) is 4.09. The molecular formula is C7H11N2+. The molecule has 0 fully saturated rings. The molecule has 0 aliphatic rings. The van der Waals surface area contributed by atoms with Crippen LogP contribution in [0.4, 0.5) is 0 Å². The minimum atomic E-state index is 1.01. The highest BCUT2D eigenvalue weighted by molar-refractivity contribution is 4.76. The molecule has 2 nitrogen and oxygen atoms in total. The largest absolute Gasteiger partial charge is 0.196 e. The summed E-state index contributed by atoms with van der Waals surface area (Å²) in [6.07, 6.45) is 4.92. The van der Waals surface area contributed by atoms with Crippen molar-refractivity contribution in [3.05, 3.63) is 24.5 Å². The molecule has 0 saturated carbocycles. The van der Waals surface area contributed by atoms with Gasteiger partial charge in [-0.1, -0.05) is 11.6 Å². The van der Waals surface area contributed by atoms with E-state index in [1.165, 1.54) is 0 Å². The number of rotatable bonds is 2. The molecule has 2 heteroatoms. The molecule has 1 aromatic rings. The fraction of sp³-hybridized carbons (Fsp3) is 0.429. The molecule has 0 atom stereocenters. The Kier molecular flexibility index (Phi) is 2.19. The van der Waals surface area contributed by atoms with Gasteiger partial charge in [-0.25, -0.2) is 0 Å². The second kappa shape index (κ2) is 3.17. The molecule has 1 aromatic heterocycles. The number of hydrogen-bond donors (Lipinski definition) is 0. The van der Waals surface area contributed by atoms with Gasteiger partial charge < -0.3 is 0 Å². The van der Waals surface area contributed by atoms with E-state index in [-0.39, 0.29) is 0 Å². The van der Waals surface area contributed by atoms with Gasteiger partial charge >= 0.3 is 0 Å². The summed E-state index contributed by atoms with van der Waals surface area (Å²) in [7, 11) is 0. The van der Waals surface area contributed by atoms with Crippen LogP contribution in [0.2, 0.25) is 0 Å². The third-order valence-corrected chi connectivity index (χ3v) is 1.12. The lowest BCUT2D eigenvalue weighted by molar-refractivity contribution is -0.753. The maximum absolute atomic E-state index is 4.09. The topological polar surface area (TPSA) is 16.8 Å². The van der Waals surface area contributed by atoms with Crippen molar-refractivity contribution >= 4 is 0 Å². The Labute approximate surface area is 55.1 Å². The summed E-state index contributed by atoms with van der Waals surface area (Å²) < 4.78 is 1.93. The molecular weight excluding hydrogens is 112 g/mol. The van der Waals surface area contributed by atoms with Crippen molar-refractivity contribution in [3.8, 4) is 0 Å². The average Bonchev–Trinajstić information content (AvgIpc) is 1.91. The van der Waals surface area contributed by atoms with Crippen LogP contribution in [0.5, 0.6) is 0 Å². The zero-order valence-corrected chi connectivity index (χ0v) is 5.62. The van der Waals surface area contributed by atoms with Gasteiger partial charge in [0.2, 0.25) is 0 Å². The normalized spacial score (nSPS) is 9.44. The Bertz CT molecular complexity index is 160. The number of aryl methyl sites for hydroxylation is 1. The van der Waals surface area contributed by atoms with E-state index in [0.717, 1.165) is 13.0 Å². The van der Waals surface area contributed by atoms with Crippen molar-refractivity contribution in [3.63, 3.8) is 0 Å². The highest BCUT2D eigenvalue weighted by Crippen LogP contribution is 1.74. The number of hydrogen-bond acceptors (Lipinski definition) is 1. The summed E-state index contributed by atoms with van der Waals surface area (Å²) in [5.74, 6) is 0. The van der Waals surface area contributed by atoms with Gasteiger partial charge in [0.1, 0.15) is 0 Å². The number of aromatic nitrogens is 2. The van der Waals surface area contributed by atoms with Gasteiger partial charge in [-0.3, -0.25) is 0 Å². The van der Waals surface area contributed by atoms with Crippen molar-refractivity contribution in [1.82, 2.24) is 5.10 Å². The van der Waals surface area contributed by atoms with Crippen molar-refractivity contribution in [2.24, 2.45) is 0 Å². The first-order chi connectivity index (χ1) is 4.43. The van der Waals surface area contributed by atoms with Crippen molar-refractivity contribution in [2.45, 2.75) is 19.9 Å². The Hall–Kier alpha value is -0.920. The summed E-state index contributed by atoms with van der Waals surface area (Å²) in [4.78, 5) is 0. The van der Waals surface area contributed by atoms with E-state index in [9.17, 15) is 0 Å². The van der Waals surface area contributed by atoms with E-state index < -0.39 is 0 Å². The molecule has 1 heterocycles. The Morgan fingerprint density at radius 1 is 1.44 bits per heavy atom.